The van der Waals surface area contributed by atoms with E-state index in [4.69, 9.17) is 0 Å². The molecule has 0 spiro atoms. The van der Waals surface area contributed by atoms with Crippen molar-refractivity contribution in [2.75, 3.05) is 18.4 Å². The molecule has 0 aliphatic rings. The van der Waals surface area contributed by atoms with Gasteiger partial charge in [-0.05, 0) is 24.8 Å². The van der Waals surface area contributed by atoms with E-state index in [9.17, 15) is 4.79 Å². The second kappa shape index (κ2) is 8.77. The molecule has 0 atom stereocenters. The summed E-state index contributed by atoms with van der Waals surface area (Å²) in [5, 5.41) is 5.97. The second-order valence-electron chi connectivity index (χ2n) is 5.07. The Morgan fingerprint density at radius 3 is 2.50 bits per heavy atom. The van der Waals surface area contributed by atoms with Gasteiger partial charge in [-0.1, -0.05) is 37.3 Å². The molecular weight excluding hydrogens is 276 g/mol. The Morgan fingerprint density at radius 2 is 1.82 bits per heavy atom. The standard InChI is InChI=1S/C17H22N4O/c1-2-10-19-17-20-12-15(13-21-17)16(22)18-11-6-9-14-7-4-3-5-8-14/h3-5,7-8,12-13H,2,6,9-11H2,1H3,(H,18,22)(H,19,20,21). The lowest BCUT2D eigenvalue weighted by molar-refractivity contribution is 0.0952. The lowest BCUT2D eigenvalue weighted by Gasteiger charge is -2.06. The van der Waals surface area contributed by atoms with Crippen LogP contribution in [0, 0.1) is 0 Å². The summed E-state index contributed by atoms with van der Waals surface area (Å²) in [4.78, 5) is 20.2. The number of hydrogen-bond acceptors (Lipinski definition) is 4. The molecule has 0 fully saturated rings. The predicted molar refractivity (Wildman–Crippen MR) is 87.9 cm³/mol. The Labute approximate surface area is 131 Å². The number of hydrogen-bond donors (Lipinski definition) is 2. The molecule has 0 saturated heterocycles. The third-order valence-corrected chi connectivity index (χ3v) is 3.22. The molecule has 1 aromatic heterocycles. The summed E-state index contributed by atoms with van der Waals surface area (Å²) >= 11 is 0. The number of carbonyl (C=O) groups excluding carboxylic acids is 1. The van der Waals surface area contributed by atoms with E-state index in [1.165, 1.54) is 5.56 Å². The van der Waals surface area contributed by atoms with Gasteiger partial charge in [0.05, 0.1) is 5.56 Å². The van der Waals surface area contributed by atoms with Gasteiger partial charge < -0.3 is 10.6 Å². The fourth-order valence-electron chi connectivity index (χ4n) is 2.01. The zero-order valence-corrected chi connectivity index (χ0v) is 12.9. The van der Waals surface area contributed by atoms with Gasteiger partial charge in [0.2, 0.25) is 5.95 Å². The van der Waals surface area contributed by atoms with Gasteiger partial charge in [-0.2, -0.15) is 0 Å². The minimum absolute atomic E-state index is 0.130. The number of rotatable bonds is 8. The molecule has 2 aromatic rings. The molecule has 5 nitrogen and oxygen atoms in total. The first-order valence-electron chi connectivity index (χ1n) is 7.67. The van der Waals surface area contributed by atoms with E-state index in [2.05, 4.69) is 39.7 Å². The van der Waals surface area contributed by atoms with Crippen LogP contribution in [0.5, 0.6) is 0 Å². The highest BCUT2D eigenvalue weighted by atomic mass is 16.1. The maximum Gasteiger partial charge on any atom is 0.254 e. The first kappa shape index (κ1) is 15.9. The molecule has 0 unspecified atom stereocenters. The number of aryl methyl sites for hydroxylation is 1. The molecule has 2 rings (SSSR count). The minimum Gasteiger partial charge on any atom is -0.354 e. The molecule has 116 valence electrons. The van der Waals surface area contributed by atoms with Crippen molar-refractivity contribution < 1.29 is 4.79 Å². The third-order valence-electron chi connectivity index (χ3n) is 3.22. The van der Waals surface area contributed by atoms with Crippen molar-refractivity contribution >= 4 is 11.9 Å². The van der Waals surface area contributed by atoms with Gasteiger partial charge in [-0.25, -0.2) is 9.97 Å². The molecule has 1 amide bonds. The van der Waals surface area contributed by atoms with Crippen molar-refractivity contribution in [3.05, 3.63) is 53.9 Å². The Balaban J connectivity index is 1.72. The Bertz CT molecular complexity index is 569. The fourth-order valence-corrected chi connectivity index (χ4v) is 2.01. The van der Waals surface area contributed by atoms with E-state index < -0.39 is 0 Å². The molecular formula is C17H22N4O. The van der Waals surface area contributed by atoms with Crippen molar-refractivity contribution in [2.24, 2.45) is 0 Å². The van der Waals surface area contributed by atoms with E-state index in [0.29, 0.717) is 18.1 Å². The maximum absolute atomic E-state index is 12.0. The quantitative estimate of drug-likeness (QED) is 0.735. The van der Waals surface area contributed by atoms with Crippen LogP contribution in [-0.2, 0) is 6.42 Å². The number of anilines is 1. The average molecular weight is 298 g/mol. The zero-order valence-electron chi connectivity index (χ0n) is 12.9. The molecule has 1 heterocycles. The smallest absolute Gasteiger partial charge is 0.254 e. The van der Waals surface area contributed by atoms with Crippen LogP contribution in [0.25, 0.3) is 0 Å². The summed E-state index contributed by atoms with van der Waals surface area (Å²) in [6.07, 6.45) is 5.98. The Hall–Kier alpha value is -2.43. The molecule has 0 bridgehead atoms. The van der Waals surface area contributed by atoms with Crippen LogP contribution >= 0.6 is 0 Å². The topological polar surface area (TPSA) is 66.9 Å². The van der Waals surface area contributed by atoms with Crippen molar-refractivity contribution in [3.63, 3.8) is 0 Å². The van der Waals surface area contributed by atoms with Crippen LogP contribution in [0.3, 0.4) is 0 Å². The Kier molecular flexibility index (Phi) is 6.36. The van der Waals surface area contributed by atoms with Crippen molar-refractivity contribution in [1.29, 1.82) is 0 Å². The van der Waals surface area contributed by atoms with Gasteiger partial charge in [0, 0.05) is 25.5 Å². The van der Waals surface area contributed by atoms with E-state index in [1.54, 1.807) is 12.4 Å². The van der Waals surface area contributed by atoms with Gasteiger partial charge in [0.1, 0.15) is 0 Å². The average Bonchev–Trinajstić information content (AvgIpc) is 2.58. The number of aromatic nitrogens is 2. The lowest BCUT2D eigenvalue weighted by Crippen LogP contribution is -2.25. The van der Waals surface area contributed by atoms with Crippen LogP contribution in [0.4, 0.5) is 5.95 Å². The summed E-state index contributed by atoms with van der Waals surface area (Å²) in [7, 11) is 0. The maximum atomic E-state index is 12.0. The van der Waals surface area contributed by atoms with E-state index in [1.807, 2.05) is 18.2 Å². The number of carbonyl (C=O) groups is 1. The largest absolute Gasteiger partial charge is 0.354 e. The van der Waals surface area contributed by atoms with Gasteiger partial charge in [0.15, 0.2) is 0 Å². The monoisotopic (exact) mass is 298 g/mol. The summed E-state index contributed by atoms with van der Waals surface area (Å²) < 4.78 is 0. The van der Waals surface area contributed by atoms with Crippen LogP contribution < -0.4 is 10.6 Å². The van der Waals surface area contributed by atoms with Gasteiger partial charge in [0.25, 0.3) is 5.91 Å². The summed E-state index contributed by atoms with van der Waals surface area (Å²) in [5.74, 6) is 0.428. The SMILES string of the molecule is CCCNc1ncc(C(=O)NCCCc2ccccc2)cn1. The van der Waals surface area contributed by atoms with Crippen LogP contribution in [0.2, 0.25) is 0 Å². The predicted octanol–water partition coefficient (Wildman–Crippen LogP) is 2.66. The Morgan fingerprint density at radius 1 is 1.09 bits per heavy atom. The molecule has 0 aliphatic heterocycles. The molecule has 0 radical (unpaired) electrons. The highest BCUT2D eigenvalue weighted by molar-refractivity contribution is 5.93. The van der Waals surface area contributed by atoms with Crippen molar-refractivity contribution in [1.82, 2.24) is 15.3 Å². The number of nitrogens with zero attached hydrogens (tertiary/aromatic N) is 2. The number of benzene rings is 1. The summed E-state index contributed by atoms with van der Waals surface area (Å²) in [5.41, 5.74) is 1.77. The molecule has 22 heavy (non-hydrogen) atoms. The van der Waals surface area contributed by atoms with E-state index >= 15 is 0 Å². The highest BCUT2D eigenvalue weighted by Crippen LogP contribution is 2.03. The van der Waals surface area contributed by atoms with Gasteiger partial charge in [-0.15, -0.1) is 0 Å². The first-order chi connectivity index (χ1) is 10.8. The van der Waals surface area contributed by atoms with Crippen molar-refractivity contribution in [3.8, 4) is 0 Å². The fraction of sp³-hybridized carbons (Fsp3) is 0.353. The molecule has 1 aromatic carbocycles. The van der Waals surface area contributed by atoms with Crippen LogP contribution in [0.1, 0.15) is 35.7 Å². The highest BCUT2D eigenvalue weighted by Gasteiger charge is 2.06. The molecule has 0 saturated carbocycles. The molecule has 5 heteroatoms. The molecule has 2 N–H and O–H groups in total. The third kappa shape index (κ3) is 5.16. The van der Waals surface area contributed by atoms with Crippen LogP contribution in [-0.4, -0.2) is 29.0 Å². The summed E-state index contributed by atoms with van der Waals surface area (Å²) in [6.45, 7) is 3.54. The number of nitrogens with one attached hydrogen (secondary N) is 2. The zero-order chi connectivity index (χ0) is 15.6. The van der Waals surface area contributed by atoms with Crippen LogP contribution in [0.15, 0.2) is 42.7 Å². The van der Waals surface area contributed by atoms with Gasteiger partial charge >= 0.3 is 0 Å². The molecule has 0 aliphatic carbocycles. The lowest BCUT2D eigenvalue weighted by atomic mass is 10.1. The van der Waals surface area contributed by atoms with Gasteiger partial charge in [-0.3, -0.25) is 4.79 Å². The second-order valence-corrected chi connectivity index (χ2v) is 5.07. The summed E-state index contributed by atoms with van der Waals surface area (Å²) in [6, 6.07) is 10.2. The first-order valence-corrected chi connectivity index (χ1v) is 7.67. The normalized spacial score (nSPS) is 10.2. The van der Waals surface area contributed by atoms with Crippen molar-refractivity contribution in [2.45, 2.75) is 26.2 Å². The van der Waals surface area contributed by atoms with E-state index in [-0.39, 0.29) is 5.91 Å². The number of amides is 1. The minimum atomic E-state index is -0.130. The van der Waals surface area contributed by atoms with E-state index in [0.717, 1.165) is 25.8 Å².